The van der Waals surface area contributed by atoms with Gasteiger partial charge in [-0.15, -0.1) is 0 Å². The Morgan fingerprint density at radius 1 is 1.00 bits per heavy atom. The molecule has 0 bridgehead atoms. The van der Waals surface area contributed by atoms with Gasteiger partial charge in [0, 0.05) is 24.0 Å². The number of ketones is 1. The fourth-order valence-corrected chi connectivity index (χ4v) is 3.66. The van der Waals surface area contributed by atoms with Crippen molar-refractivity contribution in [2.75, 3.05) is 31.6 Å². The van der Waals surface area contributed by atoms with Gasteiger partial charge in [0.05, 0.1) is 31.3 Å². The number of quaternary nitrogens is 1. The highest BCUT2D eigenvalue weighted by molar-refractivity contribution is 6.13. The zero-order valence-electron chi connectivity index (χ0n) is 16.6. The highest BCUT2D eigenvalue weighted by atomic mass is 16.5. The van der Waals surface area contributed by atoms with Crippen molar-refractivity contribution < 1.29 is 24.0 Å². The fourth-order valence-electron chi connectivity index (χ4n) is 3.66. The molecule has 0 radical (unpaired) electrons. The molecule has 1 aliphatic heterocycles. The van der Waals surface area contributed by atoms with Gasteiger partial charge in [-0.3, -0.25) is 14.4 Å². The summed E-state index contributed by atoms with van der Waals surface area (Å²) in [5, 5.41) is 2.89. The summed E-state index contributed by atoms with van der Waals surface area (Å²) in [7, 11) is 0. The van der Waals surface area contributed by atoms with E-state index < -0.39 is 0 Å². The van der Waals surface area contributed by atoms with Gasteiger partial charge in [0.2, 0.25) is 0 Å². The maximum atomic E-state index is 12.8. The van der Waals surface area contributed by atoms with Crippen LogP contribution in [0.3, 0.4) is 0 Å². The summed E-state index contributed by atoms with van der Waals surface area (Å²) in [6.45, 7) is 4.02. The van der Waals surface area contributed by atoms with Gasteiger partial charge in [-0.1, -0.05) is 42.5 Å². The molecule has 1 amide bonds. The van der Waals surface area contributed by atoms with E-state index in [2.05, 4.69) is 5.32 Å². The highest BCUT2D eigenvalue weighted by Gasteiger charge is 2.29. The van der Waals surface area contributed by atoms with Crippen LogP contribution in [0.4, 0.5) is 5.69 Å². The summed E-state index contributed by atoms with van der Waals surface area (Å²) in [5.74, 6) is -0.456. The van der Waals surface area contributed by atoms with Crippen LogP contribution >= 0.6 is 0 Å². The number of hydrogen-bond acceptors (Lipinski definition) is 4. The Kier molecular flexibility index (Phi) is 7.14. The maximum Gasteiger partial charge on any atom is 0.309 e. The molecule has 3 rings (SSSR count). The van der Waals surface area contributed by atoms with Gasteiger partial charge in [0.15, 0.2) is 12.3 Å². The number of para-hydroxylation sites is 1. The van der Waals surface area contributed by atoms with Gasteiger partial charge < -0.3 is 15.0 Å². The predicted molar refractivity (Wildman–Crippen MR) is 110 cm³/mol. The van der Waals surface area contributed by atoms with Gasteiger partial charge in [-0.2, -0.15) is 0 Å². The molecule has 1 heterocycles. The van der Waals surface area contributed by atoms with Crippen LogP contribution in [-0.2, 0) is 14.3 Å². The summed E-state index contributed by atoms with van der Waals surface area (Å²) in [5.41, 5.74) is 1.58. The van der Waals surface area contributed by atoms with Crippen molar-refractivity contribution in [1.82, 2.24) is 0 Å². The van der Waals surface area contributed by atoms with E-state index >= 15 is 0 Å². The highest BCUT2D eigenvalue weighted by Crippen LogP contribution is 2.19. The fraction of sp³-hybridized carbons (Fsp3) is 0.348. The molecule has 1 fully saturated rings. The van der Waals surface area contributed by atoms with Crippen LogP contribution in [0.1, 0.15) is 35.7 Å². The van der Waals surface area contributed by atoms with E-state index in [1.807, 2.05) is 25.1 Å². The first-order valence-electron chi connectivity index (χ1n) is 10.1. The van der Waals surface area contributed by atoms with Crippen LogP contribution < -0.4 is 10.2 Å². The monoisotopic (exact) mass is 395 g/mol. The second-order valence-corrected chi connectivity index (χ2v) is 7.24. The molecule has 0 aliphatic carbocycles. The van der Waals surface area contributed by atoms with Gasteiger partial charge in [0.25, 0.3) is 5.91 Å². The second-order valence-electron chi connectivity index (χ2n) is 7.24. The third kappa shape index (κ3) is 5.51. The van der Waals surface area contributed by atoms with Crippen LogP contribution in [0, 0.1) is 5.92 Å². The number of piperidine rings is 1. The van der Waals surface area contributed by atoms with E-state index in [1.165, 1.54) is 0 Å². The minimum absolute atomic E-state index is 0.0639. The summed E-state index contributed by atoms with van der Waals surface area (Å²) in [4.78, 5) is 38.3. The van der Waals surface area contributed by atoms with Crippen molar-refractivity contribution in [1.29, 1.82) is 0 Å². The number of benzene rings is 2. The first-order chi connectivity index (χ1) is 14.1. The summed E-state index contributed by atoms with van der Waals surface area (Å²) in [6.07, 6.45) is 1.45. The maximum absolute atomic E-state index is 12.8. The topological polar surface area (TPSA) is 76.9 Å². The predicted octanol–water partition coefficient (Wildman–Crippen LogP) is 1.71. The number of carbonyl (C=O) groups is 3. The lowest BCUT2D eigenvalue weighted by molar-refractivity contribution is -0.897. The molecule has 0 atom stereocenters. The molecule has 1 aliphatic rings. The largest absolute Gasteiger partial charge is 0.466 e. The van der Waals surface area contributed by atoms with Gasteiger partial charge in [-0.05, 0) is 19.1 Å². The normalized spacial score (nSPS) is 18.7. The average Bonchev–Trinajstić information content (AvgIpc) is 2.75. The van der Waals surface area contributed by atoms with E-state index in [0.717, 1.165) is 30.8 Å². The first kappa shape index (κ1) is 20.7. The number of hydrogen-bond donors (Lipinski definition) is 2. The molecule has 0 unspecified atom stereocenters. The van der Waals surface area contributed by atoms with Crippen molar-refractivity contribution in [3.8, 4) is 0 Å². The number of likely N-dealkylation sites (tertiary alicyclic amines) is 1. The third-order valence-electron chi connectivity index (χ3n) is 5.20. The number of carbonyl (C=O) groups excluding carboxylic acids is 3. The summed E-state index contributed by atoms with van der Waals surface area (Å²) < 4.78 is 5.09. The Balaban J connectivity index is 1.58. The quantitative estimate of drug-likeness (QED) is 0.553. The number of rotatable bonds is 7. The zero-order valence-corrected chi connectivity index (χ0v) is 16.6. The Labute approximate surface area is 170 Å². The number of esters is 1. The summed E-state index contributed by atoms with van der Waals surface area (Å²) >= 11 is 0. The summed E-state index contributed by atoms with van der Waals surface area (Å²) in [6, 6.07) is 16.1. The van der Waals surface area contributed by atoms with Gasteiger partial charge in [-0.25, -0.2) is 0 Å². The third-order valence-corrected chi connectivity index (χ3v) is 5.20. The van der Waals surface area contributed by atoms with Crippen molar-refractivity contribution in [2.45, 2.75) is 19.8 Å². The van der Waals surface area contributed by atoms with Crippen LogP contribution in [0.25, 0.3) is 0 Å². The number of anilines is 1. The van der Waals surface area contributed by atoms with Crippen molar-refractivity contribution in [2.24, 2.45) is 5.92 Å². The lowest BCUT2D eigenvalue weighted by Crippen LogP contribution is -3.14. The molecule has 2 N–H and O–H groups in total. The average molecular weight is 395 g/mol. The first-order valence-corrected chi connectivity index (χ1v) is 10.1. The Morgan fingerprint density at radius 2 is 1.66 bits per heavy atom. The molecule has 0 saturated carbocycles. The molecule has 152 valence electrons. The molecule has 29 heavy (non-hydrogen) atoms. The standard InChI is InChI=1S/C23H26N2O4/c1-2-29-23(28)18-12-14-25(15-13-18)16-21(26)24-20-11-7-6-10-19(20)22(27)17-8-4-3-5-9-17/h3-11,18H,2,12-16H2,1H3,(H,24,26)/p+1. The molecule has 2 aromatic carbocycles. The molecular weight excluding hydrogens is 368 g/mol. The lowest BCUT2D eigenvalue weighted by Gasteiger charge is -2.27. The lowest BCUT2D eigenvalue weighted by atomic mass is 9.97. The Morgan fingerprint density at radius 3 is 2.34 bits per heavy atom. The number of amides is 1. The van der Waals surface area contributed by atoms with Crippen LogP contribution in [0.15, 0.2) is 54.6 Å². The number of ether oxygens (including phenoxy) is 1. The van der Waals surface area contributed by atoms with Crippen molar-refractivity contribution in [3.63, 3.8) is 0 Å². The van der Waals surface area contributed by atoms with E-state index in [1.54, 1.807) is 36.4 Å². The second kappa shape index (κ2) is 9.98. The van der Waals surface area contributed by atoms with Crippen LogP contribution in [0.5, 0.6) is 0 Å². The van der Waals surface area contributed by atoms with E-state index in [9.17, 15) is 14.4 Å². The zero-order chi connectivity index (χ0) is 20.6. The minimum atomic E-state index is -0.136. The number of nitrogens with one attached hydrogen (secondary N) is 2. The Bertz CT molecular complexity index is 858. The van der Waals surface area contributed by atoms with E-state index in [-0.39, 0.29) is 23.6 Å². The molecule has 6 heteroatoms. The SMILES string of the molecule is CCOC(=O)C1CC[NH+](CC(=O)Nc2ccccc2C(=O)c2ccccc2)CC1. The van der Waals surface area contributed by atoms with Crippen LogP contribution in [0.2, 0.25) is 0 Å². The van der Waals surface area contributed by atoms with Gasteiger partial charge >= 0.3 is 5.97 Å². The smallest absolute Gasteiger partial charge is 0.309 e. The minimum Gasteiger partial charge on any atom is -0.466 e. The van der Waals surface area contributed by atoms with Crippen molar-refractivity contribution >= 4 is 23.3 Å². The molecule has 6 nitrogen and oxygen atoms in total. The molecular formula is C23H27N2O4+. The van der Waals surface area contributed by atoms with Crippen molar-refractivity contribution in [3.05, 3.63) is 65.7 Å². The van der Waals surface area contributed by atoms with Crippen LogP contribution in [-0.4, -0.2) is 43.9 Å². The molecule has 1 saturated heterocycles. The van der Waals surface area contributed by atoms with E-state index in [4.69, 9.17) is 4.74 Å². The molecule has 0 aromatic heterocycles. The molecule has 0 spiro atoms. The van der Waals surface area contributed by atoms with E-state index in [0.29, 0.717) is 30.0 Å². The van der Waals surface area contributed by atoms with Gasteiger partial charge in [0.1, 0.15) is 0 Å². The molecule has 2 aromatic rings. The Hall–Kier alpha value is -2.99.